The zero-order chi connectivity index (χ0) is 32.0. The predicted molar refractivity (Wildman–Crippen MR) is 171 cm³/mol. The van der Waals surface area contributed by atoms with Crippen molar-refractivity contribution in [2.45, 2.75) is 44.2 Å². The number of piperazine rings is 2. The van der Waals surface area contributed by atoms with Gasteiger partial charge in [0.05, 0.1) is 0 Å². The second-order valence-electron chi connectivity index (χ2n) is 12.7. The first-order valence-corrected chi connectivity index (χ1v) is 16.1. The molecule has 2 fully saturated rings. The monoisotopic (exact) mass is 622 g/mol. The molecule has 242 valence electrons. The van der Waals surface area contributed by atoms with Crippen LogP contribution in [-0.4, -0.2) is 102 Å². The van der Waals surface area contributed by atoms with E-state index in [0.29, 0.717) is 30.0 Å². The normalized spacial score (nSPS) is 18.4. The Morgan fingerprint density at radius 1 is 0.689 bits per heavy atom. The summed E-state index contributed by atoms with van der Waals surface area (Å²) in [7, 11) is 0. The molecule has 0 aliphatic carbocycles. The summed E-state index contributed by atoms with van der Waals surface area (Å²) in [5.74, 6) is -2.13. The number of benzene rings is 3. The molecule has 5 rings (SSSR count). The highest BCUT2D eigenvalue weighted by Gasteiger charge is 2.42. The molecule has 6 nitrogen and oxygen atoms in total. The van der Waals surface area contributed by atoms with Gasteiger partial charge in [0, 0.05) is 71.0 Å². The van der Waals surface area contributed by atoms with Crippen LogP contribution in [0.2, 0.25) is 0 Å². The van der Waals surface area contributed by atoms with E-state index in [9.17, 15) is 23.1 Å². The Hall–Kier alpha value is -3.24. The van der Waals surface area contributed by atoms with E-state index < -0.39 is 23.0 Å². The number of hydrogen-bond acceptors (Lipinski definition) is 5. The number of rotatable bonds is 12. The summed E-state index contributed by atoms with van der Waals surface area (Å²) in [5.41, 5.74) is 0.691. The molecular formula is C36H45F3N4O2. The lowest BCUT2D eigenvalue weighted by atomic mass is 9.71. The van der Waals surface area contributed by atoms with Crippen LogP contribution in [0.5, 0.6) is 0 Å². The highest BCUT2D eigenvalue weighted by molar-refractivity contribution is 5.86. The van der Waals surface area contributed by atoms with Crippen LogP contribution in [0, 0.1) is 17.5 Å². The van der Waals surface area contributed by atoms with Gasteiger partial charge in [-0.05, 0) is 86.3 Å². The van der Waals surface area contributed by atoms with Gasteiger partial charge in [-0.15, -0.1) is 0 Å². The maximum atomic E-state index is 13.8. The van der Waals surface area contributed by atoms with Gasteiger partial charge in [0.15, 0.2) is 0 Å². The van der Waals surface area contributed by atoms with E-state index >= 15 is 0 Å². The van der Waals surface area contributed by atoms with Crippen molar-refractivity contribution in [1.29, 1.82) is 0 Å². The van der Waals surface area contributed by atoms with Crippen LogP contribution in [0.25, 0.3) is 0 Å². The van der Waals surface area contributed by atoms with E-state index in [1.54, 1.807) is 12.1 Å². The maximum absolute atomic E-state index is 13.8. The standard InChI is InChI=1S/C36H45F3N4O2/c1-27(2)42-22-24-43(25-23-42)34(28-4-10-31(37)11-5-28)26-41-20-18-40(19-21-41)17-3-16-36(35(44)45,29-6-12-32(38)13-7-29)30-8-14-33(39)15-9-30/h4-15,27,34H,3,16-26H2,1-2H3,(H,44,45). The highest BCUT2D eigenvalue weighted by Crippen LogP contribution is 2.38. The fourth-order valence-corrected chi connectivity index (χ4v) is 6.97. The van der Waals surface area contributed by atoms with Gasteiger partial charge in [-0.25, -0.2) is 13.2 Å². The summed E-state index contributed by atoms with van der Waals surface area (Å²) in [6.07, 6.45) is 0.911. The summed E-state index contributed by atoms with van der Waals surface area (Å²) in [6.45, 7) is 13.6. The van der Waals surface area contributed by atoms with Gasteiger partial charge in [0.25, 0.3) is 0 Å². The molecule has 2 saturated heterocycles. The average Bonchev–Trinajstić information content (AvgIpc) is 3.04. The van der Waals surface area contributed by atoms with Crippen molar-refractivity contribution in [3.05, 3.63) is 107 Å². The third-order valence-electron chi connectivity index (χ3n) is 9.74. The molecule has 0 bridgehead atoms. The quantitative estimate of drug-likeness (QED) is 0.282. The van der Waals surface area contributed by atoms with E-state index in [1.807, 2.05) is 12.1 Å². The lowest BCUT2D eigenvalue weighted by molar-refractivity contribution is -0.142. The Bertz CT molecular complexity index is 1320. The summed E-state index contributed by atoms with van der Waals surface area (Å²) >= 11 is 0. The molecule has 45 heavy (non-hydrogen) atoms. The Morgan fingerprint density at radius 3 is 1.60 bits per heavy atom. The van der Waals surface area contributed by atoms with Crippen LogP contribution in [-0.2, 0) is 10.2 Å². The molecule has 0 spiro atoms. The van der Waals surface area contributed by atoms with E-state index in [2.05, 4.69) is 33.4 Å². The zero-order valence-electron chi connectivity index (χ0n) is 26.3. The van der Waals surface area contributed by atoms with E-state index in [1.165, 1.54) is 48.5 Å². The van der Waals surface area contributed by atoms with Crippen LogP contribution < -0.4 is 0 Å². The van der Waals surface area contributed by atoms with Crippen LogP contribution in [0.15, 0.2) is 72.8 Å². The van der Waals surface area contributed by atoms with E-state index in [0.717, 1.165) is 71.0 Å². The first-order chi connectivity index (χ1) is 21.7. The van der Waals surface area contributed by atoms with Gasteiger partial charge in [-0.3, -0.25) is 19.5 Å². The van der Waals surface area contributed by atoms with E-state index in [4.69, 9.17) is 0 Å². The number of aliphatic carboxylic acids is 1. The summed E-state index contributed by atoms with van der Waals surface area (Å²) < 4.78 is 41.3. The third kappa shape index (κ3) is 7.95. The van der Waals surface area contributed by atoms with Crippen molar-refractivity contribution < 1.29 is 23.1 Å². The molecule has 1 atom stereocenters. The molecule has 0 saturated carbocycles. The predicted octanol–water partition coefficient (Wildman–Crippen LogP) is 5.64. The largest absolute Gasteiger partial charge is 0.480 e. The molecule has 2 aliphatic heterocycles. The fraction of sp³-hybridized carbons (Fsp3) is 0.472. The van der Waals surface area contributed by atoms with E-state index in [-0.39, 0.29) is 11.9 Å². The highest BCUT2D eigenvalue weighted by atomic mass is 19.1. The Morgan fingerprint density at radius 2 is 1.13 bits per heavy atom. The van der Waals surface area contributed by atoms with Gasteiger partial charge in [0.2, 0.25) is 0 Å². The summed E-state index contributed by atoms with van der Waals surface area (Å²) in [5, 5.41) is 10.5. The molecule has 0 radical (unpaired) electrons. The first kappa shape index (κ1) is 33.1. The molecule has 0 amide bonds. The van der Waals surface area contributed by atoms with Crippen molar-refractivity contribution in [1.82, 2.24) is 19.6 Å². The third-order valence-corrected chi connectivity index (χ3v) is 9.74. The number of hydrogen-bond donors (Lipinski definition) is 1. The number of nitrogens with zero attached hydrogens (tertiary/aromatic N) is 4. The molecule has 1 N–H and O–H groups in total. The van der Waals surface area contributed by atoms with Gasteiger partial charge in [-0.1, -0.05) is 36.4 Å². The van der Waals surface area contributed by atoms with Crippen molar-refractivity contribution in [2.75, 3.05) is 65.4 Å². The van der Waals surface area contributed by atoms with Crippen LogP contribution in [0.4, 0.5) is 13.2 Å². The summed E-state index contributed by atoms with van der Waals surface area (Å²) in [4.78, 5) is 22.8. The van der Waals surface area contributed by atoms with Gasteiger partial charge in [0.1, 0.15) is 22.9 Å². The number of carboxylic acids is 1. The number of halogens is 3. The molecule has 2 heterocycles. The Labute approximate surface area is 265 Å². The van der Waals surface area contributed by atoms with Crippen LogP contribution in [0.3, 0.4) is 0 Å². The molecule has 3 aromatic carbocycles. The fourth-order valence-electron chi connectivity index (χ4n) is 6.97. The Kier molecular flexibility index (Phi) is 11.0. The SMILES string of the molecule is CC(C)N1CCN(C(CN2CCN(CCCC(C(=O)O)(c3ccc(F)cc3)c3ccc(F)cc3)CC2)c2ccc(F)cc2)CC1. The lowest BCUT2D eigenvalue weighted by Crippen LogP contribution is -2.53. The van der Waals surface area contributed by atoms with Crippen molar-refractivity contribution in [2.24, 2.45) is 0 Å². The van der Waals surface area contributed by atoms with Crippen molar-refractivity contribution in [3.8, 4) is 0 Å². The molecule has 0 aromatic heterocycles. The van der Waals surface area contributed by atoms with Gasteiger partial charge < -0.3 is 10.0 Å². The lowest BCUT2D eigenvalue weighted by Gasteiger charge is -2.44. The minimum absolute atomic E-state index is 0.189. The number of carbonyl (C=O) groups is 1. The molecule has 1 unspecified atom stereocenters. The Balaban J connectivity index is 1.21. The minimum Gasteiger partial charge on any atom is -0.480 e. The molecular weight excluding hydrogens is 577 g/mol. The molecule has 9 heteroatoms. The smallest absolute Gasteiger partial charge is 0.318 e. The zero-order valence-corrected chi connectivity index (χ0v) is 26.3. The molecule has 2 aliphatic rings. The number of carboxylic acid groups (broad SMARTS) is 1. The maximum Gasteiger partial charge on any atom is 0.318 e. The van der Waals surface area contributed by atoms with Crippen LogP contribution >= 0.6 is 0 Å². The first-order valence-electron chi connectivity index (χ1n) is 16.1. The van der Waals surface area contributed by atoms with Gasteiger partial charge in [-0.2, -0.15) is 0 Å². The van der Waals surface area contributed by atoms with Crippen LogP contribution in [0.1, 0.15) is 49.4 Å². The van der Waals surface area contributed by atoms with Crippen molar-refractivity contribution in [3.63, 3.8) is 0 Å². The van der Waals surface area contributed by atoms with Crippen molar-refractivity contribution >= 4 is 5.97 Å². The van der Waals surface area contributed by atoms with Gasteiger partial charge >= 0.3 is 5.97 Å². The average molecular weight is 623 g/mol. The summed E-state index contributed by atoms with van der Waals surface area (Å²) in [6, 6.07) is 18.8. The second-order valence-corrected chi connectivity index (χ2v) is 12.7. The topological polar surface area (TPSA) is 50.3 Å². The minimum atomic E-state index is -1.41. The second kappa shape index (κ2) is 14.9. The molecule has 3 aromatic rings.